The van der Waals surface area contributed by atoms with Crippen LogP contribution in [0.15, 0.2) is 22.8 Å². The molecule has 1 aliphatic heterocycles. The Morgan fingerprint density at radius 1 is 1.44 bits per heavy atom. The summed E-state index contributed by atoms with van der Waals surface area (Å²) in [5, 5.41) is 3.49. The molecule has 2 heterocycles. The van der Waals surface area contributed by atoms with Gasteiger partial charge in [0.1, 0.15) is 5.82 Å². The SMILES string of the molecule is CCN1CCC(Nc2ccc(Br)cn2)CC1. The summed E-state index contributed by atoms with van der Waals surface area (Å²) in [6.45, 7) is 5.79. The average Bonchev–Trinajstić information content (AvgIpc) is 2.33. The van der Waals surface area contributed by atoms with Crippen LogP contribution in [0, 0.1) is 0 Å². The first-order valence-electron chi connectivity index (χ1n) is 5.88. The summed E-state index contributed by atoms with van der Waals surface area (Å²) in [5.74, 6) is 0.984. The number of hydrogen-bond acceptors (Lipinski definition) is 3. The van der Waals surface area contributed by atoms with Crippen LogP contribution >= 0.6 is 15.9 Å². The molecule has 4 heteroatoms. The number of rotatable bonds is 3. The van der Waals surface area contributed by atoms with Crippen molar-refractivity contribution in [1.29, 1.82) is 0 Å². The van der Waals surface area contributed by atoms with Crippen LogP contribution in [0.5, 0.6) is 0 Å². The van der Waals surface area contributed by atoms with Gasteiger partial charge in [-0.1, -0.05) is 6.92 Å². The second kappa shape index (κ2) is 5.64. The first-order chi connectivity index (χ1) is 7.78. The van der Waals surface area contributed by atoms with E-state index < -0.39 is 0 Å². The highest BCUT2D eigenvalue weighted by Crippen LogP contribution is 2.16. The van der Waals surface area contributed by atoms with Crippen LogP contribution < -0.4 is 5.32 Å². The Morgan fingerprint density at radius 2 is 2.19 bits per heavy atom. The highest BCUT2D eigenvalue weighted by molar-refractivity contribution is 9.10. The summed E-state index contributed by atoms with van der Waals surface area (Å²) in [7, 11) is 0. The van der Waals surface area contributed by atoms with E-state index in [1.165, 1.54) is 32.5 Å². The molecule has 0 unspecified atom stereocenters. The van der Waals surface area contributed by atoms with Crippen molar-refractivity contribution in [3.63, 3.8) is 0 Å². The van der Waals surface area contributed by atoms with E-state index in [1.54, 1.807) is 0 Å². The van der Waals surface area contributed by atoms with Gasteiger partial charge in [0.2, 0.25) is 0 Å². The van der Waals surface area contributed by atoms with Gasteiger partial charge in [-0.25, -0.2) is 4.98 Å². The zero-order chi connectivity index (χ0) is 11.4. The van der Waals surface area contributed by atoms with Gasteiger partial charge in [-0.3, -0.25) is 0 Å². The van der Waals surface area contributed by atoms with Crippen LogP contribution in [0.3, 0.4) is 0 Å². The van der Waals surface area contributed by atoms with E-state index in [2.05, 4.69) is 38.1 Å². The molecule has 0 aliphatic carbocycles. The normalized spacial score (nSPS) is 18.6. The third-order valence-corrected chi connectivity index (χ3v) is 3.58. The van der Waals surface area contributed by atoms with Crippen molar-refractivity contribution in [1.82, 2.24) is 9.88 Å². The minimum atomic E-state index is 0.580. The van der Waals surface area contributed by atoms with E-state index in [0.717, 1.165) is 10.3 Å². The van der Waals surface area contributed by atoms with E-state index >= 15 is 0 Å². The van der Waals surface area contributed by atoms with Crippen molar-refractivity contribution in [2.24, 2.45) is 0 Å². The third-order valence-electron chi connectivity index (χ3n) is 3.11. The Bertz CT molecular complexity index is 318. The third kappa shape index (κ3) is 3.19. The van der Waals surface area contributed by atoms with Gasteiger partial charge in [0.15, 0.2) is 0 Å². The number of anilines is 1. The Kier molecular flexibility index (Phi) is 4.18. The van der Waals surface area contributed by atoms with Crippen LogP contribution in [0.1, 0.15) is 19.8 Å². The first kappa shape index (κ1) is 11.9. The number of halogens is 1. The molecule has 1 aromatic heterocycles. The van der Waals surface area contributed by atoms with Crippen LogP contribution in [0.25, 0.3) is 0 Å². The van der Waals surface area contributed by atoms with Crippen molar-refractivity contribution in [3.05, 3.63) is 22.8 Å². The second-order valence-corrected chi connectivity index (χ2v) is 5.13. The van der Waals surface area contributed by atoms with Crippen LogP contribution in [0.4, 0.5) is 5.82 Å². The first-order valence-corrected chi connectivity index (χ1v) is 6.67. The quantitative estimate of drug-likeness (QED) is 0.925. The molecule has 1 N–H and O–H groups in total. The molecule has 16 heavy (non-hydrogen) atoms. The molecular weight excluding hydrogens is 266 g/mol. The maximum atomic E-state index is 4.34. The Labute approximate surface area is 105 Å². The standard InChI is InChI=1S/C12H18BrN3/c1-2-16-7-5-11(6-8-16)15-12-4-3-10(13)9-14-12/h3-4,9,11H,2,5-8H2,1H3,(H,14,15). The van der Waals surface area contributed by atoms with Gasteiger partial charge in [0.05, 0.1) is 0 Å². The lowest BCUT2D eigenvalue weighted by Crippen LogP contribution is -2.38. The van der Waals surface area contributed by atoms with E-state index in [4.69, 9.17) is 0 Å². The minimum absolute atomic E-state index is 0.580. The monoisotopic (exact) mass is 283 g/mol. The lowest BCUT2D eigenvalue weighted by Gasteiger charge is -2.31. The maximum absolute atomic E-state index is 4.34. The van der Waals surface area contributed by atoms with Crippen molar-refractivity contribution < 1.29 is 0 Å². The van der Waals surface area contributed by atoms with Crippen molar-refractivity contribution in [2.45, 2.75) is 25.8 Å². The van der Waals surface area contributed by atoms with Gasteiger partial charge in [0, 0.05) is 29.8 Å². The number of nitrogens with one attached hydrogen (secondary N) is 1. The molecule has 2 rings (SSSR count). The van der Waals surface area contributed by atoms with Gasteiger partial charge in [-0.15, -0.1) is 0 Å². The number of likely N-dealkylation sites (tertiary alicyclic amines) is 1. The van der Waals surface area contributed by atoms with Gasteiger partial charge >= 0.3 is 0 Å². The van der Waals surface area contributed by atoms with E-state index in [1.807, 2.05) is 18.3 Å². The van der Waals surface area contributed by atoms with Crippen molar-refractivity contribution >= 4 is 21.7 Å². The van der Waals surface area contributed by atoms with E-state index in [9.17, 15) is 0 Å². The lowest BCUT2D eigenvalue weighted by molar-refractivity contribution is 0.229. The van der Waals surface area contributed by atoms with Gasteiger partial charge in [-0.05, 0) is 47.4 Å². The van der Waals surface area contributed by atoms with Gasteiger partial charge in [-0.2, -0.15) is 0 Å². The Balaban J connectivity index is 1.84. The molecule has 1 saturated heterocycles. The number of pyridine rings is 1. The molecule has 0 radical (unpaired) electrons. The molecular formula is C12H18BrN3. The molecule has 88 valence electrons. The summed E-state index contributed by atoms with van der Waals surface area (Å²) in [5.41, 5.74) is 0. The Morgan fingerprint density at radius 3 is 2.75 bits per heavy atom. The maximum Gasteiger partial charge on any atom is 0.126 e. The van der Waals surface area contributed by atoms with Gasteiger partial charge < -0.3 is 10.2 Å². The van der Waals surface area contributed by atoms with Crippen molar-refractivity contribution in [3.8, 4) is 0 Å². The summed E-state index contributed by atoms with van der Waals surface area (Å²) in [6, 6.07) is 4.63. The van der Waals surface area contributed by atoms with Crippen LogP contribution in [0.2, 0.25) is 0 Å². The molecule has 0 saturated carbocycles. The number of aromatic nitrogens is 1. The van der Waals surface area contributed by atoms with E-state index in [-0.39, 0.29) is 0 Å². The largest absolute Gasteiger partial charge is 0.367 e. The highest BCUT2D eigenvalue weighted by Gasteiger charge is 2.17. The van der Waals surface area contributed by atoms with Gasteiger partial charge in [0.25, 0.3) is 0 Å². The fourth-order valence-electron chi connectivity index (χ4n) is 2.06. The second-order valence-electron chi connectivity index (χ2n) is 4.21. The summed E-state index contributed by atoms with van der Waals surface area (Å²) in [6.07, 6.45) is 4.26. The van der Waals surface area contributed by atoms with Crippen LogP contribution in [-0.4, -0.2) is 35.6 Å². The molecule has 0 atom stereocenters. The summed E-state index contributed by atoms with van der Waals surface area (Å²) >= 11 is 3.39. The topological polar surface area (TPSA) is 28.2 Å². The lowest BCUT2D eigenvalue weighted by atomic mass is 10.1. The minimum Gasteiger partial charge on any atom is -0.367 e. The number of nitrogens with zero attached hydrogens (tertiary/aromatic N) is 2. The zero-order valence-electron chi connectivity index (χ0n) is 9.62. The predicted octanol–water partition coefficient (Wildman–Crippen LogP) is 2.74. The molecule has 0 bridgehead atoms. The zero-order valence-corrected chi connectivity index (χ0v) is 11.2. The van der Waals surface area contributed by atoms with Crippen LogP contribution in [-0.2, 0) is 0 Å². The van der Waals surface area contributed by atoms with Crippen molar-refractivity contribution in [2.75, 3.05) is 25.0 Å². The molecule has 1 aromatic rings. The fraction of sp³-hybridized carbons (Fsp3) is 0.583. The molecule has 0 amide bonds. The molecule has 3 nitrogen and oxygen atoms in total. The summed E-state index contributed by atoms with van der Waals surface area (Å²) in [4.78, 5) is 6.83. The molecule has 0 aromatic carbocycles. The molecule has 0 spiro atoms. The number of piperidine rings is 1. The summed E-state index contributed by atoms with van der Waals surface area (Å²) < 4.78 is 1.03. The number of hydrogen-bond donors (Lipinski definition) is 1. The van der Waals surface area contributed by atoms with E-state index in [0.29, 0.717) is 6.04 Å². The highest BCUT2D eigenvalue weighted by atomic mass is 79.9. The predicted molar refractivity (Wildman–Crippen MR) is 70.7 cm³/mol. The Hall–Kier alpha value is -0.610. The average molecular weight is 284 g/mol. The smallest absolute Gasteiger partial charge is 0.126 e. The molecule has 1 fully saturated rings. The fourth-order valence-corrected chi connectivity index (χ4v) is 2.30. The molecule has 1 aliphatic rings.